The van der Waals surface area contributed by atoms with E-state index in [1.54, 1.807) is 7.11 Å². The molecule has 0 aliphatic heterocycles. The minimum Gasteiger partial charge on any atom is -0.495 e. The Kier molecular flexibility index (Phi) is 3.12. The summed E-state index contributed by atoms with van der Waals surface area (Å²) in [6, 6.07) is 7.54. The van der Waals surface area contributed by atoms with Crippen LogP contribution >= 0.6 is 0 Å². The number of ether oxygens (including phenoxy) is 1. The SMILES string of the molecule is C=C1C2(C(=O)Nc3ccccc3OC)CCC(C2)C1(C)C. The minimum absolute atomic E-state index is 0.0658. The third-order valence-corrected chi connectivity index (χ3v) is 5.68. The standard InChI is InChI=1S/C18H23NO2/c1-12-17(2,3)13-9-10-18(12,11-13)16(20)19-14-7-5-6-8-15(14)21-4/h5-8,13H,1,9-11H2,2-4H3,(H,19,20). The van der Waals surface area contributed by atoms with Crippen LogP contribution in [-0.4, -0.2) is 13.0 Å². The van der Waals surface area contributed by atoms with E-state index in [1.807, 2.05) is 24.3 Å². The Morgan fingerprint density at radius 1 is 1.38 bits per heavy atom. The number of carbonyl (C=O) groups excluding carboxylic acids is 1. The first-order valence-electron chi connectivity index (χ1n) is 7.56. The maximum Gasteiger partial charge on any atom is 0.234 e. The topological polar surface area (TPSA) is 38.3 Å². The zero-order chi connectivity index (χ0) is 15.3. The van der Waals surface area contributed by atoms with Gasteiger partial charge in [0, 0.05) is 0 Å². The molecule has 2 bridgehead atoms. The normalized spacial score (nSPS) is 29.5. The lowest BCUT2D eigenvalue weighted by Gasteiger charge is -2.37. The number of rotatable bonds is 3. The highest BCUT2D eigenvalue weighted by atomic mass is 16.5. The van der Waals surface area contributed by atoms with Crippen molar-refractivity contribution < 1.29 is 9.53 Å². The molecule has 2 unspecified atom stereocenters. The van der Waals surface area contributed by atoms with Crippen LogP contribution in [0.5, 0.6) is 5.75 Å². The average molecular weight is 285 g/mol. The van der Waals surface area contributed by atoms with Gasteiger partial charge in [0.1, 0.15) is 5.75 Å². The quantitative estimate of drug-likeness (QED) is 0.852. The molecule has 1 aromatic rings. The molecule has 2 atom stereocenters. The van der Waals surface area contributed by atoms with Crippen molar-refractivity contribution in [3.63, 3.8) is 0 Å². The van der Waals surface area contributed by atoms with E-state index in [-0.39, 0.29) is 11.3 Å². The number of anilines is 1. The molecule has 2 aliphatic carbocycles. The summed E-state index contributed by atoms with van der Waals surface area (Å²) in [5, 5.41) is 3.07. The molecule has 2 fully saturated rings. The Bertz CT molecular complexity index is 605. The van der Waals surface area contributed by atoms with E-state index in [0.29, 0.717) is 11.7 Å². The van der Waals surface area contributed by atoms with Gasteiger partial charge in [0.05, 0.1) is 18.2 Å². The zero-order valence-corrected chi connectivity index (χ0v) is 13.0. The number of fused-ring (bicyclic) bond motifs is 2. The van der Waals surface area contributed by atoms with Gasteiger partial charge in [0.25, 0.3) is 0 Å². The van der Waals surface area contributed by atoms with Crippen molar-refractivity contribution >= 4 is 11.6 Å². The largest absolute Gasteiger partial charge is 0.495 e. The summed E-state index contributed by atoms with van der Waals surface area (Å²) < 4.78 is 5.32. The van der Waals surface area contributed by atoms with Crippen LogP contribution in [-0.2, 0) is 4.79 Å². The molecular formula is C18H23NO2. The molecule has 3 heteroatoms. The second-order valence-corrected chi connectivity index (χ2v) is 6.88. The Hall–Kier alpha value is -1.77. The Morgan fingerprint density at radius 2 is 2.10 bits per heavy atom. The number of nitrogens with one attached hydrogen (secondary N) is 1. The number of hydrogen-bond acceptors (Lipinski definition) is 2. The van der Waals surface area contributed by atoms with E-state index >= 15 is 0 Å². The number of carbonyl (C=O) groups is 1. The lowest BCUT2D eigenvalue weighted by molar-refractivity contribution is -0.123. The van der Waals surface area contributed by atoms with Crippen molar-refractivity contribution in [1.82, 2.24) is 0 Å². The third kappa shape index (κ3) is 1.90. The molecule has 3 rings (SSSR count). The molecule has 0 radical (unpaired) electrons. The Balaban J connectivity index is 1.88. The van der Waals surface area contributed by atoms with Crippen LogP contribution < -0.4 is 10.1 Å². The highest BCUT2D eigenvalue weighted by Gasteiger charge is 2.60. The van der Waals surface area contributed by atoms with Crippen LogP contribution in [0, 0.1) is 16.7 Å². The third-order valence-electron chi connectivity index (χ3n) is 5.68. The van der Waals surface area contributed by atoms with Crippen LogP contribution in [0.4, 0.5) is 5.69 Å². The fourth-order valence-corrected chi connectivity index (χ4v) is 4.13. The summed E-state index contributed by atoms with van der Waals surface area (Å²) in [7, 11) is 1.62. The molecule has 1 aromatic carbocycles. The van der Waals surface area contributed by atoms with E-state index in [9.17, 15) is 4.79 Å². The fourth-order valence-electron chi connectivity index (χ4n) is 4.13. The molecular weight excluding hydrogens is 262 g/mol. The average Bonchev–Trinajstić information content (AvgIpc) is 3.00. The summed E-state index contributed by atoms with van der Waals surface area (Å²) in [4.78, 5) is 12.9. The van der Waals surface area contributed by atoms with Gasteiger partial charge in [-0.05, 0) is 42.7 Å². The van der Waals surface area contributed by atoms with E-state index < -0.39 is 5.41 Å². The number of hydrogen-bond donors (Lipinski definition) is 1. The molecule has 112 valence electrons. The molecule has 0 saturated heterocycles. The molecule has 1 N–H and O–H groups in total. The molecule has 3 nitrogen and oxygen atoms in total. The van der Waals surface area contributed by atoms with Gasteiger partial charge in [0.15, 0.2) is 0 Å². The van der Waals surface area contributed by atoms with E-state index in [4.69, 9.17) is 4.74 Å². The molecule has 0 spiro atoms. The van der Waals surface area contributed by atoms with Crippen molar-refractivity contribution in [2.24, 2.45) is 16.7 Å². The van der Waals surface area contributed by atoms with Crippen molar-refractivity contribution in [3.05, 3.63) is 36.4 Å². The first kappa shape index (κ1) is 14.2. The van der Waals surface area contributed by atoms with Crippen molar-refractivity contribution in [3.8, 4) is 5.75 Å². The molecule has 0 heterocycles. The molecule has 21 heavy (non-hydrogen) atoms. The second kappa shape index (κ2) is 4.62. The van der Waals surface area contributed by atoms with E-state index in [2.05, 4.69) is 25.7 Å². The fraction of sp³-hybridized carbons (Fsp3) is 0.500. The van der Waals surface area contributed by atoms with Crippen molar-refractivity contribution in [2.75, 3.05) is 12.4 Å². The smallest absolute Gasteiger partial charge is 0.234 e. The number of benzene rings is 1. The van der Waals surface area contributed by atoms with Crippen LogP contribution in [0.25, 0.3) is 0 Å². The molecule has 1 amide bonds. The molecule has 2 aliphatic rings. The lowest BCUT2D eigenvalue weighted by atomic mass is 9.68. The summed E-state index contributed by atoms with van der Waals surface area (Å²) in [5.74, 6) is 1.35. The summed E-state index contributed by atoms with van der Waals surface area (Å²) in [5.41, 5.74) is 1.50. The number of para-hydroxylation sites is 2. The number of amides is 1. The summed E-state index contributed by atoms with van der Waals surface area (Å²) in [6.07, 6.45) is 2.96. The Labute approximate surface area is 126 Å². The highest BCUT2D eigenvalue weighted by Crippen LogP contribution is 2.65. The lowest BCUT2D eigenvalue weighted by Crippen LogP contribution is -2.37. The second-order valence-electron chi connectivity index (χ2n) is 6.88. The predicted molar refractivity (Wildman–Crippen MR) is 84.3 cm³/mol. The van der Waals surface area contributed by atoms with Crippen molar-refractivity contribution in [2.45, 2.75) is 33.1 Å². The van der Waals surface area contributed by atoms with Gasteiger partial charge >= 0.3 is 0 Å². The minimum atomic E-state index is -0.394. The van der Waals surface area contributed by atoms with Crippen molar-refractivity contribution in [1.29, 1.82) is 0 Å². The van der Waals surface area contributed by atoms with Gasteiger partial charge in [0.2, 0.25) is 5.91 Å². The maximum atomic E-state index is 12.9. The predicted octanol–water partition coefficient (Wildman–Crippen LogP) is 4.02. The van der Waals surface area contributed by atoms with Gasteiger partial charge in [-0.3, -0.25) is 4.79 Å². The van der Waals surface area contributed by atoms with Gasteiger partial charge in [-0.15, -0.1) is 0 Å². The van der Waals surface area contributed by atoms with E-state index in [1.165, 1.54) is 0 Å². The monoisotopic (exact) mass is 285 g/mol. The first-order chi connectivity index (χ1) is 9.91. The maximum absolute atomic E-state index is 12.9. The van der Waals surface area contributed by atoms with Crippen LogP contribution in [0.1, 0.15) is 33.1 Å². The van der Waals surface area contributed by atoms with Gasteiger partial charge in [-0.1, -0.05) is 38.1 Å². The zero-order valence-electron chi connectivity index (χ0n) is 13.0. The molecule has 2 saturated carbocycles. The number of methoxy groups -OCH3 is 1. The summed E-state index contributed by atoms with van der Waals surface area (Å²) in [6.45, 7) is 8.71. The van der Waals surface area contributed by atoms with E-state index in [0.717, 1.165) is 30.5 Å². The van der Waals surface area contributed by atoms with Gasteiger partial charge < -0.3 is 10.1 Å². The van der Waals surface area contributed by atoms with Crippen LogP contribution in [0.15, 0.2) is 36.4 Å². The molecule has 0 aromatic heterocycles. The first-order valence-corrected chi connectivity index (χ1v) is 7.56. The van der Waals surface area contributed by atoms with Crippen LogP contribution in [0.3, 0.4) is 0 Å². The van der Waals surface area contributed by atoms with Crippen LogP contribution in [0.2, 0.25) is 0 Å². The summed E-state index contributed by atoms with van der Waals surface area (Å²) >= 11 is 0. The highest BCUT2D eigenvalue weighted by molar-refractivity contribution is 5.99. The Morgan fingerprint density at radius 3 is 2.71 bits per heavy atom. The van der Waals surface area contributed by atoms with Gasteiger partial charge in [-0.25, -0.2) is 0 Å². The van der Waals surface area contributed by atoms with Gasteiger partial charge in [-0.2, -0.15) is 0 Å².